The van der Waals surface area contributed by atoms with Crippen LogP contribution in [-0.4, -0.2) is 29.9 Å². The Morgan fingerprint density at radius 1 is 1.17 bits per heavy atom. The van der Waals surface area contributed by atoms with Crippen LogP contribution in [0.25, 0.3) is 11.1 Å². The predicted molar refractivity (Wildman–Crippen MR) is 91.9 cm³/mol. The number of benzene rings is 2. The van der Waals surface area contributed by atoms with Crippen LogP contribution < -0.4 is 5.32 Å². The molecule has 4 heteroatoms. The normalized spacial score (nSPS) is 26.5. The lowest BCUT2D eigenvalue weighted by Gasteiger charge is -2.23. The molecule has 0 aromatic heterocycles. The third-order valence-electron chi connectivity index (χ3n) is 5.41. The van der Waals surface area contributed by atoms with Crippen LogP contribution >= 0.6 is 0 Å². The van der Waals surface area contributed by atoms with Crippen LogP contribution in [0.5, 0.6) is 0 Å². The molecule has 2 saturated heterocycles. The molecule has 1 amide bonds. The van der Waals surface area contributed by atoms with Crippen LogP contribution in [0.1, 0.15) is 30.9 Å². The molecule has 0 bridgehead atoms. The van der Waals surface area contributed by atoms with Gasteiger partial charge in [0.1, 0.15) is 11.4 Å². The fourth-order valence-corrected chi connectivity index (χ4v) is 4.04. The van der Waals surface area contributed by atoms with E-state index in [0.29, 0.717) is 5.56 Å². The highest BCUT2D eigenvalue weighted by Gasteiger charge is 2.49. The van der Waals surface area contributed by atoms with Crippen molar-refractivity contribution in [2.24, 2.45) is 0 Å². The smallest absolute Gasteiger partial charge is 0.242 e. The Bertz CT molecular complexity index is 791. The average molecular weight is 324 g/mol. The Morgan fingerprint density at radius 3 is 2.75 bits per heavy atom. The molecule has 2 aliphatic rings. The van der Waals surface area contributed by atoms with E-state index >= 15 is 0 Å². The molecule has 2 aliphatic heterocycles. The summed E-state index contributed by atoms with van der Waals surface area (Å²) in [4.78, 5) is 14.3. The molecular formula is C20H21FN2O. The van der Waals surface area contributed by atoms with Gasteiger partial charge in [-0.15, -0.1) is 0 Å². The van der Waals surface area contributed by atoms with Crippen LogP contribution in [0.3, 0.4) is 0 Å². The van der Waals surface area contributed by atoms with Crippen LogP contribution in [0.15, 0.2) is 48.5 Å². The van der Waals surface area contributed by atoms with Gasteiger partial charge in [0.15, 0.2) is 0 Å². The second-order valence-electron chi connectivity index (χ2n) is 6.90. The van der Waals surface area contributed by atoms with Crippen molar-refractivity contribution in [2.75, 3.05) is 13.6 Å². The minimum atomic E-state index is -0.395. The number of hydrogen-bond acceptors (Lipinski definition) is 2. The highest BCUT2D eigenvalue weighted by atomic mass is 19.1. The Hall–Kier alpha value is -2.20. The van der Waals surface area contributed by atoms with Crippen molar-refractivity contribution in [2.45, 2.75) is 30.8 Å². The summed E-state index contributed by atoms with van der Waals surface area (Å²) in [5.41, 5.74) is 2.22. The molecule has 2 aromatic rings. The molecule has 3 nitrogen and oxygen atoms in total. The van der Waals surface area contributed by atoms with Crippen LogP contribution in [-0.2, 0) is 4.79 Å². The molecule has 0 aliphatic carbocycles. The molecule has 2 fully saturated rings. The molecule has 0 saturated carbocycles. The molecule has 1 N–H and O–H groups in total. The predicted octanol–water partition coefficient (Wildman–Crippen LogP) is 3.52. The van der Waals surface area contributed by atoms with E-state index < -0.39 is 5.54 Å². The number of amides is 1. The van der Waals surface area contributed by atoms with Crippen LogP contribution in [0.4, 0.5) is 4.39 Å². The molecule has 2 atom stereocenters. The molecule has 2 aromatic carbocycles. The maximum absolute atomic E-state index is 14.1. The Labute approximate surface area is 141 Å². The first kappa shape index (κ1) is 15.3. The van der Waals surface area contributed by atoms with Crippen molar-refractivity contribution < 1.29 is 9.18 Å². The first-order chi connectivity index (χ1) is 11.6. The zero-order chi connectivity index (χ0) is 16.7. The summed E-state index contributed by atoms with van der Waals surface area (Å²) in [6.45, 7) is 0.813. The fourth-order valence-electron chi connectivity index (χ4n) is 4.04. The molecular weight excluding hydrogens is 303 g/mol. The summed E-state index contributed by atoms with van der Waals surface area (Å²) < 4.78 is 14.1. The Balaban J connectivity index is 1.62. The zero-order valence-electron chi connectivity index (χ0n) is 13.8. The summed E-state index contributed by atoms with van der Waals surface area (Å²) in [5, 5.41) is 3.57. The lowest BCUT2D eigenvalue weighted by atomic mass is 9.95. The molecule has 124 valence electrons. The Morgan fingerprint density at radius 2 is 2.00 bits per heavy atom. The van der Waals surface area contributed by atoms with E-state index in [1.165, 1.54) is 6.07 Å². The second kappa shape index (κ2) is 5.71. The summed E-state index contributed by atoms with van der Waals surface area (Å²) >= 11 is 0. The third kappa shape index (κ3) is 2.42. The first-order valence-electron chi connectivity index (χ1n) is 8.47. The van der Waals surface area contributed by atoms with E-state index in [2.05, 4.69) is 11.4 Å². The van der Waals surface area contributed by atoms with Crippen molar-refractivity contribution in [1.29, 1.82) is 0 Å². The summed E-state index contributed by atoms with van der Waals surface area (Å²) in [6, 6.07) is 15.0. The molecule has 1 spiro atoms. The summed E-state index contributed by atoms with van der Waals surface area (Å²) in [5.74, 6) is -0.00615. The summed E-state index contributed by atoms with van der Waals surface area (Å²) in [7, 11) is 1.87. The van der Waals surface area contributed by atoms with Gasteiger partial charge in [-0.05, 0) is 42.5 Å². The van der Waals surface area contributed by atoms with Gasteiger partial charge in [0, 0.05) is 25.2 Å². The molecule has 0 unspecified atom stereocenters. The van der Waals surface area contributed by atoms with Gasteiger partial charge in [-0.3, -0.25) is 10.1 Å². The zero-order valence-corrected chi connectivity index (χ0v) is 13.8. The monoisotopic (exact) mass is 324 g/mol. The van der Waals surface area contributed by atoms with Gasteiger partial charge in [-0.2, -0.15) is 0 Å². The van der Waals surface area contributed by atoms with Gasteiger partial charge in [0.25, 0.3) is 0 Å². The minimum absolute atomic E-state index is 0.146. The van der Waals surface area contributed by atoms with Crippen LogP contribution in [0, 0.1) is 5.82 Å². The lowest BCUT2D eigenvalue weighted by molar-refractivity contribution is -0.131. The van der Waals surface area contributed by atoms with E-state index in [1.54, 1.807) is 12.1 Å². The van der Waals surface area contributed by atoms with E-state index in [9.17, 15) is 9.18 Å². The molecule has 0 radical (unpaired) electrons. The number of hydrogen-bond donors (Lipinski definition) is 1. The van der Waals surface area contributed by atoms with Gasteiger partial charge in [-0.1, -0.05) is 36.4 Å². The fraction of sp³-hybridized carbons (Fsp3) is 0.350. The first-order valence-corrected chi connectivity index (χ1v) is 8.47. The largest absolute Gasteiger partial charge is 0.344 e. The number of likely N-dealkylation sites (N-methyl/N-ethyl adjacent to an activating group) is 1. The van der Waals surface area contributed by atoms with Crippen molar-refractivity contribution >= 4 is 5.91 Å². The highest BCUT2D eigenvalue weighted by molar-refractivity contribution is 5.88. The van der Waals surface area contributed by atoms with Gasteiger partial charge >= 0.3 is 0 Å². The van der Waals surface area contributed by atoms with Gasteiger partial charge in [0.05, 0.1) is 0 Å². The number of nitrogens with zero attached hydrogens (tertiary/aromatic N) is 1. The summed E-state index contributed by atoms with van der Waals surface area (Å²) in [6.07, 6.45) is 2.66. The quantitative estimate of drug-likeness (QED) is 0.917. The maximum Gasteiger partial charge on any atom is 0.242 e. The molecule has 4 rings (SSSR count). The number of carbonyl (C=O) groups is 1. The van der Waals surface area contributed by atoms with Gasteiger partial charge in [-0.25, -0.2) is 4.39 Å². The van der Waals surface area contributed by atoms with E-state index in [-0.39, 0.29) is 17.8 Å². The van der Waals surface area contributed by atoms with E-state index in [1.807, 2.05) is 36.2 Å². The SMILES string of the molecule is CN1CC[C@@]2(CC[C@H](c3cccc(-c4ccccc4F)c3)N2)C1=O. The topological polar surface area (TPSA) is 32.3 Å². The highest BCUT2D eigenvalue weighted by Crippen LogP contribution is 2.39. The van der Waals surface area contributed by atoms with Crippen molar-refractivity contribution in [1.82, 2.24) is 10.2 Å². The Kier molecular flexibility index (Phi) is 3.65. The van der Waals surface area contributed by atoms with Gasteiger partial charge in [0.2, 0.25) is 5.91 Å². The van der Waals surface area contributed by atoms with Crippen molar-refractivity contribution in [3.63, 3.8) is 0 Å². The number of halogens is 1. The van der Waals surface area contributed by atoms with E-state index in [0.717, 1.165) is 36.9 Å². The number of rotatable bonds is 2. The number of likely N-dealkylation sites (tertiary alicyclic amines) is 1. The van der Waals surface area contributed by atoms with E-state index in [4.69, 9.17) is 0 Å². The third-order valence-corrected chi connectivity index (χ3v) is 5.41. The van der Waals surface area contributed by atoms with Gasteiger partial charge < -0.3 is 4.90 Å². The minimum Gasteiger partial charge on any atom is -0.344 e. The average Bonchev–Trinajstić information content (AvgIpc) is 3.16. The molecule has 2 heterocycles. The number of nitrogens with one attached hydrogen (secondary N) is 1. The van der Waals surface area contributed by atoms with Crippen molar-refractivity contribution in [3.05, 3.63) is 59.9 Å². The van der Waals surface area contributed by atoms with Crippen LogP contribution in [0.2, 0.25) is 0 Å². The second-order valence-corrected chi connectivity index (χ2v) is 6.90. The molecule has 24 heavy (non-hydrogen) atoms. The standard InChI is InChI=1S/C20H21FN2O/c1-23-12-11-20(19(23)24)10-9-18(22-20)15-6-4-5-14(13-15)16-7-2-3-8-17(16)21/h2-8,13,18,22H,9-12H2,1H3/t18-,20+/m1/s1. The number of carbonyl (C=O) groups excluding carboxylic acids is 1. The van der Waals surface area contributed by atoms with Crippen molar-refractivity contribution in [3.8, 4) is 11.1 Å². The lowest BCUT2D eigenvalue weighted by Crippen LogP contribution is -2.47. The maximum atomic E-state index is 14.1.